The van der Waals surface area contributed by atoms with Crippen molar-refractivity contribution in [1.82, 2.24) is 9.78 Å². The minimum Gasteiger partial charge on any atom is -0.508 e. The molecule has 2 N–H and O–H groups in total. The van der Waals surface area contributed by atoms with Crippen LogP contribution in [0.5, 0.6) is 5.75 Å². The van der Waals surface area contributed by atoms with Gasteiger partial charge < -0.3 is 5.11 Å². The molecule has 2 rings (SSSR count). The highest BCUT2D eigenvalue weighted by molar-refractivity contribution is 7.92. The quantitative estimate of drug-likeness (QED) is 0.852. The summed E-state index contributed by atoms with van der Waals surface area (Å²) in [5.74, 6) is 0.391. The van der Waals surface area contributed by atoms with Crippen LogP contribution in [0.25, 0.3) is 0 Å². The molecule has 0 aliphatic carbocycles. The van der Waals surface area contributed by atoms with Gasteiger partial charge in [-0.1, -0.05) is 0 Å². The zero-order valence-electron chi connectivity index (χ0n) is 9.03. The highest BCUT2D eigenvalue weighted by Gasteiger charge is 2.15. The van der Waals surface area contributed by atoms with Crippen molar-refractivity contribution in [3.63, 3.8) is 0 Å². The normalized spacial score (nSPS) is 11.4. The third kappa shape index (κ3) is 2.39. The third-order valence-corrected chi connectivity index (χ3v) is 3.58. The molecule has 0 amide bonds. The topological polar surface area (TPSA) is 84.2 Å². The van der Waals surface area contributed by atoms with Crippen molar-refractivity contribution >= 4 is 15.8 Å². The first kappa shape index (κ1) is 11.5. The van der Waals surface area contributed by atoms with E-state index in [0.29, 0.717) is 5.82 Å². The summed E-state index contributed by atoms with van der Waals surface area (Å²) >= 11 is 0. The second-order valence-electron chi connectivity index (χ2n) is 3.44. The van der Waals surface area contributed by atoms with Crippen molar-refractivity contribution < 1.29 is 13.5 Å². The standard InChI is InChI=1S/C10H11N3O3S/c1-13-10(6-7-11-13)12-17(15,16)9-4-2-8(14)3-5-9/h2-7,12,14H,1H3. The molecule has 0 fully saturated rings. The highest BCUT2D eigenvalue weighted by Crippen LogP contribution is 2.17. The van der Waals surface area contributed by atoms with Crippen LogP contribution in [0.2, 0.25) is 0 Å². The molecule has 0 saturated heterocycles. The summed E-state index contributed by atoms with van der Waals surface area (Å²) in [6, 6.07) is 6.84. The summed E-state index contributed by atoms with van der Waals surface area (Å²) in [4.78, 5) is 0.0801. The maximum atomic E-state index is 11.9. The zero-order valence-corrected chi connectivity index (χ0v) is 9.85. The average Bonchev–Trinajstić information content (AvgIpc) is 2.64. The number of sulfonamides is 1. The number of anilines is 1. The summed E-state index contributed by atoms with van der Waals surface area (Å²) in [5.41, 5.74) is 0. The van der Waals surface area contributed by atoms with E-state index in [1.165, 1.54) is 35.1 Å². The van der Waals surface area contributed by atoms with E-state index in [0.717, 1.165) is 0 Å². The Bertz CT molecular complexity index is 617. The van der Waals surface area contributed by atoms with Crippen molar-refractivity contribution in [3.05, 3.63) is 36.5 Å². The molecular formula is C10H11N3O3S. The highest BCUT2D eigenvalue weighted by atomic mass is 32.2. The Hall–Kier alpha value is -2.02. The van der Waals surface area contributed by atoms with Gasteiger partial charge >= 0.3 is 0 Å². The molecule has 2 aromatic rings. The van der Waals surface area contributed by atoms with Gasteiger partial charge in [0.1, 0.15) is 11.6 Å². The van der Waals surface area contributed by atoms with Gasteiger partial charge in [-0.2, -0.15) is 5.10 Å². The van der Waals surface area contributed by atoms with E-state index < -0.39 is 10.0 Å². The van der Waals surface area contributed by atoms with Crippen LogP contribution in [0.3, 0.4) is 0 Å². The molecular weight excluding hydrogens is 242 g/mol. The molecule has 0 aliphatic rings. The van der Waals surface area contributed by atoms with E-state index >= 15 is 0 Å². The second kappa shape index (κ2) is 4.10. The number of phenols is 1. The van der Waals surface area contributed by atoms with Gasteiger partial charge in [0.25, 0.3) is 10.0 Å². The summed E-state index contributed by atoms with van der Waals surface area (Å²) in [6.45, 7) is 0. The molecule has 0 aliphatic heterocycles. The van der Waals surface area contributed by atoms with Gasteiger partial charge in [-0.3, -0.25) is 9.40 Å². The van der Waals surface area contributed by atoms with Gasteiger partial charge in [-0.05, 0) is 24.3 Å². The summed E-state index contributed by atoms with van der Waals surface area (Å²) in [7, 11) is -2.01. The van der Waals surface area contributed by atoms with Gasteiger partial charge in [0, 0.05) is 13.1 Å². The van der Waals surface area contributed by atoms with Crippen molar-refractivity contribution in [3.8, 4) is 5.75 Å². The summed E-state index contributed by atoms with van der Waals surface area (Å²) in [5, 5.41) is 13.0. The van der Waals surface area contributed by atoms with E-state index in [-0.39, 0.29) is 10.6 Å². The molecule has 1 aromatic heterocycles. The van der Waals surface area contributed by atoms with Crippen LogP contribution >= 0.6 is 0 Å². The number of phenolic OH excluding ortho intramolecular Hbond substituents is 1. The van der Waals surface area contributed by atoms with E-state index in [4.69, 9.17) is 5.11 Å². The average molecular weight is 253 g/mol. The van der Waals surface area contributed by atoms with Crippen molar-refractivity contribution in [2.24, 2.45) is 7.05 Å². The van der Waals surface area contributed by atoms with Crippen molar-refractivity contribution in [1.29, 1.82) is 0 Å². The van der Waals surface area contributed by atoms with Crippen LogP contribution in [-0.2, 0) is 17.1 Å². The Morgan fingerprint density at radius 2 is 1.88 bits per heavy atom. The van der Waals surface area contributed by atoms with Gasteiger partial charge in [0.05, 0.1) is 11.1 Å². The van der Waals surface area contributed by atoms with Gasteiger partial charge in [-0.15, -0.1) is 0 Å². The number of benzene rings is 1. The molecule has 0 atom stereocenters. The Labute approximate surface area is 98.6 Å². The molecule has 0 spiro atoms. The number of aromatic nitrogens is 2. The predicted molar refractivity (Wildman–Crippen MR) is 62.1 cm³/mol. The van der Waals surface area contributed by atoms with Crippen molar-refractivity contribution in [2.45, 2.75) is 4.90 Å². The van der Waals surface area contributed by atoms with Crippen LogP contribution < -0.4 is 4.72 Å². The fraction of sp³-hybridized carbons (Fsp3) is 0.100. The summed E-state index contributed by atoms with van der Waals surface area (Å²) < 4.78 is 27.7. The lowest BCUT2D eigenvalue weighted by Crippen LogP contribution is -2.15. The van der Waals surface area contributed by atoms with E-state index in [1.807, 2.05) is 0 Å². The number of rotatable bonds is 3. The molecule has 0 saturated carbocycles. The van der Waals surface area contributed by atoms with E-state index in [2.05, 4.69) is 9.82 Å². The maximum Gasteiger partial charge on any atom is 0.263 e. The van der Waals surface area contributed by atoms with Gasteiger partial charge in [0.2, 0.25) is 0 Å². The van der Waals surface area contributed by atoms with Crippen LogP contribution in [-0.4, -0.2) is 23.3 Å². The second-order valence-corrected chi connectivity index (χ2v) is 5.12. The Morgan fingerprint density at radius 3 is 2.41 bits per heavy atom. The van der Waals surface area contributed by atoms with E-state index in [1.54, 1.807) is 13.1 Å². The van der Waals surface area contributed by atoms with Crippen LogP contribution in [0.15, 0.2) is 41.4 Å². The Kier molecular flexibility index (Phi) is 2.76. The largest absolute Gasteiger partial charge is 0.508 e. The number of nitrogens with one attached hydrogen (secondary N) is 1. The van der Waals surface area contributed by atoms with Crippen LogP contribution in [0, 0.1) is 0 Å². The lowest BCUT2D eigenvalue weighted by atomic mass is 10.3. The molecule has 0 bridgehead atoms. The number of hydrogen-bond acceptors (Lipinski definition) is 4. The molecule has 1 heterocycles. The molecule has 0 unspecified atom stereocenters. The zero-order chi connectivity index (χ0) is 12.5. The minimum absolute atomic E-state index is 0.0180. The van der Waals surface area contributed by atoms with Crippen molar-refractivity contribution in [2.75, 3.05) is 4.72 Å². The monoisotopic (exact) mass is 253 g/mol. The van der Waals surface area contributed by atoms with Crippen LogP contribution in [0.4, 0.5) is 5.82 Å². The Morgan fingerprint density at radius 1 is 1.24 bits per heavy atom. The molecule has 7 heteroatoms. The molecule has 1 aromatic carbocycles. The number of hydrogen-bond donors (Lipinski definition) is 2. The fourth-order valence-electron chi connectivity index (χ4n) is 1.30. The Balaban J connectivity index is 2.31. The summed E-state index contributed by atoms with van der Waals surface area (Å²) in [6.07, 6.45) is 1.49. The molecule has 90 valence electrons. The first-order valence-electron chi connectivity index (χ1n) is 4.79. The third-order valence-electron chi connectivity index (χ3n) is 2.21. The maximum absolute atomic E-state index is 11.9. The lowest BCUT2D eigenvalue weighted by molar-refractivity contribution is 0.475. The predicted octanol–water partition coefficient (Wildman–Crippen LogP) is 0.926. The molecule has 6 nitrogen and oxygen atoms in total. The number of nitrogens with zero attached hydrogens (tertiary/aromatic N) is 2. The van der Waals surface area contributed by atoms with Gasteiger partial charge in [0.15, 0.2) is 0 Å². The molecule has 0 radical (unpaired) electrons. The first-order valence-corrected chi connectivity index (χ1v) is 6.27. The molecule has 17 heavy (non-hydrogen) atoms. The van der Waals surface area contributed by atoms with Crippen LogP contribution in [0.1, 0.15) is 0 Å². The fourth-order valence-corrected chi connectivity index (χ4v) is 2.38. The lowest BCUT2D eigenvalue weighted by Gasteiger charge is -2.07. The van der Waals surface area contributed by atoms with Gasteiger partial charge in [-0.25, -0.2) is 8.42 Å². The number of aryl methyl sites for hydroxylation is 1. The first-order chi connectivity index (χ1) is 7.99. The smallest absolute Gasteiger partial charge is 0.263 e. The number of aromatic hydroxyl groups is 1. The minimum atomic E-state index is -3.64. The van der Waals surface area contributed by atoms with E-state index in [9.17, 15) is 8.42 Å². The SMILES string of the molecule is Cn1nccc1NS(=O)(=O)c1ccc(O)cc1.